The molecule has 0 unspecified atom stereocenters. The molecular formula is C23H32N2O3S. The van der Waals surface area contributed by atoms with Crippen LogP contribution in [0.5, 0.6) is 0 Å². The van der Waals surface area contributed by atoms with Gasteiger partial charge in [0.2, 0.25) is 15.9 Å². The molecule has 0 spiro atoms. The van der Waals surface area contributed by atoms with Crippen LogP contribution in [0.3, 0.4) is 0 Å². The van der Waals surface area contributed by atoms with Crippen LogP contribution in [-0.4, -0.2) is 49.7 Å². The first-order valence-electron chi connectivity index (χ1n) is 11.0. The number of carbonyl (C=O) groups excluding carboxylic acids is 1. The third kappa shape index (κ3) is 4.92. The maximum absolute atomic E-state index is 13.0. The van der Waals surface area contributed by atoms with Crippen molar-refractivity contribution in [3.8, 4) is 0 Å². The summed E-state index contributed by atoms with van der Waals surface area (Å²) in [6.45, 7) is 2.66. The van der Waals surface area contributed by atoms with E-state index in [9.17, 15) is 13.2 Å². The summed E-state index contributed by atoms with van der Waals surface area (Å²) in [6.07, 6.45) is 9.29. The normalized spacial score (nSPS) is 27.1. The molecule has 0 radical (unpaired) electrons. The van der Waals surface area contributed by atoms with Crippen LogP contribution in [0.1, 0.15) is 50.5 Å². The Balaban J connectivity index is 1.30. The minimum absolute atomic E-state index is 0.0281. The number of hydrogen-bond acceptors (Lipinski definition) is 3. The van der Waals surface area contributed by atoms with Crippen LogP contribution >= 0.6 is 0 Å². The lowest BCUT2D eigenvalue weighted by atomic mass is 9.75. The number of piperidine rings is 2. The lowest BCUT2D eigenvalue weighted by molar-refractivity contribution is -0.139. The van der Waals surface area contributed by atoms with E-state index in [4.69, 9.17) is 0 Å². The van der Waals surface area contributed by atoms with Gasteiger partial charge < -0.3 is 4.90 Å². The van der Waals surface area contributed by atoms with E-state index in [2.05, 4.69) is 4.90 Å². The van der Waals surface area contributed by atoms with Gasteiger partial charge in [0.05, 0.1) is 0 Å². The average Bonchev–Trinajstić information content (AvgIpc) is 2.78. The first-order chi connectivity index (χ1) is 14.0. The Morgan fingerprint density at radius 3 is 2.31 bits per heavy atom. The first-order valence-corrected chi connectivity index (χ1v) is 12.6. The van der Waals surface area contributed by atoms with E-state index >= 15 is 0 Å². The number of carbonyl (C=O) groups is 1. The summed E-state index contributed by atoms with van der Waals surface area (Å²) in [6, 6.07) is 9.45. The highest BCUT2D eigenvalue weighted by Gasteiger charge is 2.37. The van der Waals surface area contributed by atoms with Gasteiger partial charge in [0.1, 0.15) is 0 Å². The number of rotatable bonds is 4. The lowest BCUT2D eigenvalue weighted by Gasteiger charge is -2.43. The lowest BCUT2D eigenvalue weighted by Crippen LogP contribution is -2.49. The van der Waals surface area contributed by atoms with E-state index in [0.717, 1.165) is 31.0 Å². The van der Waals surface area contributed by atoms with E-state index in [0.29, 0.717) is 31.8 Å². The van der Waals surface area contributed by atoms with Crippen molar-refractivity contribution in [3.05, 3.63) is 41.3 Å². The number of amides is 1. The van der Waals surface area contributed by atoms with Crippen molar-refractivity contribution < 1.29 is 13.2 Å². The summed E-state index contributed by atoms with van der Waals surface area (Å²) >= 11 is 0. The summed E-state index contributed by atoms with van der Waals surface area (Å²) < 4.78 is 26.8. The third-order valence-electron chi connectivity index (χ3n) is 7.00. The molecule has 0 aromatic heterocycles. The summed E-state index contributed by atoms with van der Waals surface area (Å²) in [4.78, 5) is 15.1. The fraction of sp³-hybridized carbons (Fsp3) is 0.609. The molecule has 0 N–H and O–H groups in total. The van der Waals surface area contributed by atoms with E-state index in [1.807, 2.05) is 30.3 Å². The zero-order chi connectivity index (χ0) is 20.3. The van der Waals surface area contributed by atoms with Gasteiger partial charge in [-0.05, 0) is 49.2 Å². The van der Waals surface area contributed by atoms with Crippen molar-refractivity contribution in [2.45, 2.75) is 44.9 Å². The van der Waals surface area contributed by atoms with Gasteiger partial charge >= 0.3 is 0 Å². The van der Waals surface area contributed by atoms with E-state index in [1.54, 1.807) is 6.08 Å². The Bertz CT molecular complexity index is 829. The van der Waals surface area contributed by atoms with Crippen molar-refractivity contribution >= 4 is 22.0 Å². The minimum Gasteiger partial charge on any atom is -0.342 e. The largest absolute Gasteiger partial charge is 0.342 e. The Hall–Kier alpha value is -1.66. The highest BCUT2D eigenvalue weighted by atomic mass is 32.2. The van der Waals surface area contributed by atoms with Gasteiger partial charge in [-0.1, -0.05) is 49.6 Å². The van der Waals surface area contributed by atoms with Crippen LogP contribution in [-0.2, 0) is 14.8 Å². The highest BCUT2D eigenvalue weighted by Crippen LogP contribution is 2.37. The maximum Gasteiger partial charge on any atom is 0.236 e. The minimum atomic E-state index is -3.44. The van der Waals surface area contributed by atoms with E-state index in [-0.39, 0.29) is 11.8 Å². The molecule has 2 atom stereocenters. The van der Waals surface area contributed by atoms with Gasteiger partial charge in [0.25, 0.3) is 0 Å². The number of hydrogen-bond donors (Lipinski definition) is 0. The van der Waals surface area contributed by atoms with Gasteiger partial charge in [-0.2, -0.15) is 4.31 Å². The molecule has 6 heteroatoms. The van der Waals surface area contributed by atoms with Gasteiger partial charge in [0, 0.05) is 37.5 Å². The molecule has 1 aliphatic carbocycles. The standard InChI is InChI=1S/C23H32N2O3S/c26-23(24-14-10-20-8-4-5-9-22(20)18-24)21-11-15-25(16-12-21)29(27,28)17-13-19-6-2-1-3-7-19/h1-3,6-7,13,17,20-22H,4-5,8-12,14-16,18H2/b17-13+/t20-,22+/m1/s1. The summed E-state index contributed by atoms with van der Waals surface area (Å²) in [5, 5.41) is 1.29. The molecule has 0 bridgehead atoms. The van der Waals surface area contributed by atoms with Crippen LogP contribution in [0, 0.1) is 17.8 Å². The molecule has 1 amide bonds. The molecule has 5 nitrogen and oxygen atoms in total. The molecule has 158 valence electrons. The number of likely N-dealkylation sites (tertiary alicyclic amines) is 1. The second kappa shape index (κ2) is 9.00. The molecule has 4 rings (SSSR count). The predicted octanol–water partition coefficient (Wildman–Crippen LogP) is 3.74. The van der Waals surface area contributed by atoms with Gasteiger partial charge in [-0.15, -0.1) is 0 Å². The topological polar surface area (TPSA) is 57.7 Å². The van der Waals surface area contributed by atoms with E-state index < -0.39 is 10.0 Å². The maximum atomic E-state index is 13.0. The highest BCUT2D eigenvalue weighted by molar-refractivity contribution is 7.92. The van der Waals surface area contributed by atoms with Crippen LogP contribution in [0.15, 0.2) is 35.7 Å². The second-order valence-corrected chi connectivity index (χ2v) is 10.6. The zero-order valence-electron chi connectivity index (χ0n) is 17.1. The molecule has 2 aliphatic heterocycles. The molecule has 2 heterocycles. The molecule has 2 saturated heterocycles. The van der Waals surface area contributed by atoms with Gasteiger partial charge in [0.15, 0.2) is 0 Å². The molecular weight excluding hydrogens is 384 g/mol. The summed E-state index contributed by atoms with van der Waals surface area (Å²) in [5.74, 6) is 1.73. The van der Waals surface area contributed by atoms with Crippen molar-refractivity contribution in [2.75, 3.05) is 26.2 Å². The Labute approximate surface area is 174 Å². The van der Waals surface area contributed by atoms with Crippen LogP contribution < -0.4 is 0 Å². The third-order valence-corrected chi connectivity index (χ3v) is 8.56. The zero-order valence-corrected chi connectivity index (χ0v) is 17.9. The van der Waals surface area contributed by atoms with Crippen molar-refractivity contribution in [3.63, 3.8) is 0 Å². The first kappa shape index (κ1) is 20.6. The molecule has 1 aromatic rings. The Kier molecular flexibility index (Phi) is 6.40. The number of benzene rings is 1. The van der Waals surface area contributed by atoms with Crippen LogP contribution in [0.4, 0.5) is 0 Å². The van der Waals surface area contributed by atoms with Gasteiger partial charge in [-0.3, -0.25) is 4.79 Å². The predicted molar refractivity (Wildman–Crippen MR) is 115 cm³/mol. The van der Waals surface area contributed by atoms with Gasteiger partial charge in [-0.25, -0.2) is 8.42 Å². The smallest absolute Gasteiger partial charge is 0.236 e. The Morgan fingerprint density at radius 1 is 0.897 bits per heavy atom. The fourth-order valence-electron chi connectivity index (χ4n) is 5.23. The number of nitrogens with zero attached hydrogens (tertiary/aromatic N) is 2. The fourth-order valence-corrected chi connectivity index (χ4v) is 6.45. The monoisotopic (exact) mass is 416 g/mol. The molecule has 3 aliphatic rings. The van der Waals surface area contributed by atoms with Crippen LogP contribution in [0.25, 0.3) is 6.08 Å². The van der Waals surface area contributed by atoms with Crippen molar-refractivity contribution in [1.82, 2.24) is 9.21 Å². The molecule has 1 saturated carbocycles. The second-order valence-electron chi connectivity index (χ2n) is 8.81. The van der Waals surface area contributed by atoms with Crippen molar-refractivity contribution in [1.29, 1.82) is 0 Å². The summed E-state index contributed by atoms with van der Waals surface area (Å²) in [5.41, 5.74) is 0.868. The average molecular weight is 417 g/mol. The quantitative estimate of drug-likeness (QED) is 0.751. The van der Waals surface area contributed by atoms with E-state index in [1.165, 1.54) is 35.4 Å². The SMILES string of the molecule is O=C(C1CCN(S(=O)(=O)/C=C/c2ccccc2)CC1)N1CC[C@H]2CCCC[C@H]2C1. The summed E-state index contributed by atoms with van der Waals surface area (Å²) in [7, 11) is -3.44. The molecule has 3 fully saturated rings. The molecule has 29 heavy (non-hydrogen) atoms. The number of fused-ring (bicyclic) bond motifs is 1. The van der Waals surface area contributed by atoms with Crippen molar-refractivity contribution in [2.24, 2.45) is 17.8 Å². The number of sulfonamides is 1. The Morgan fingerprint density at radius 2 is 1.59 bits per heavy atom. The molecule has 1 aromatic carbocycles. The van der Waals surface area contributed by atoms with Crippen LogP contribution in [0.2, 0.25) is 0 Å².